The van der Waals surface area contributed by atoms with E-state index in [1.54, 1.807) is 0 Å². The van der Waals surface area contributed by atoms with E-state index in [9.17, 15) is 9.90 Å². The zero-order chi connectivity index (χ0) is 13.9. The zero-order valence-corrected chi connectivity index (χ0v) is 12.5. The third-order valence-electron chi connectivity index (χ3n) is 5.47. The van der Waals surface area contributed by atoms with Gasteiger partial charge in [0.1, 0.15) is 0 Å². The molecule has 110 valence electrons. The predicted molar refractivity (Wildman–Crippen MR) is 77.2 cm³/mol. The van der Waals surface area contributed by atoms with Crippen molar-refractivity contribution in [2.45, 2.75) is 71.3 Å². The highest BCUT2D eigenvalue weighted by Crippen LogP contribution is 2.39. The normalized spacial score (nSPS) is 31.5. The van der Waals surface area contributed by atoms with E-state index in [0.717, 1.165) is 38.3 Å². The first-order valence-electron chi connectivity index (χ1n) is 8.06. The minimum atomic E-state index is -0.576. The molecular weight excluding hydrogens is 238 g/mol. The molecule has 1 saturated carbocycles. The van der Waals surface area contributed by atoms with E-state index in [1.165, 1.54) is 32.1 Å². The monoisotopic (exact) mass is 267 g/mol. The second kappa shape index (κ2) is 6.25. The van der Waals surface area contributed by atoms with Gasteiger partial charge in [-0.3, -0.25) is 9.69 Å². The minimum absolute atomic E-state index is 0.461. The van der Waals surface area contributed by atoms with Gasteiger partial charge in [0.15, 0.2) is 0 Å². The quantitative estimate of drug-likeness (QED) is 0.828. The molecule has 0 radical (unpaired) electrons. The van der Waals surface area contributed by atoms with Crippen LogP contribution in [0.15, 0.2) is 0 Å². The van der Waals surface area contributed by atoms with Gasteiger partial charge in [0, 0.05) is 12.6 Å². The number of carboxylic acids is 1. The van der Waals surface area contributed by atoms with Crippen LogP contribution >= 0.6 is 0 Å². The first-order chi connectivity index (χ1) is 9.09. The fourth-order valence-corrected chi connectivity index (χ4v) is 4.13. The smallest absolute Gasteiger partial charge is 0.310 e. The van der Waals surface area contributed by atoms with Crippen LogP contribution in [0.3, 0.4) is 0 Å². The van der Waals surface area contributed by atoms with Crippen LogP contribution in [0, 0.1) is 11.3 Å². The largest absolute Gasteiger partial charge is 0.481 e. The van der Waals surface area contributed by atoms with Crippen molar-refractivity contribution in [2.75, 3.05) is 13.1 Å². The van der Waals surface area contributed by atoms with Crippen molar-refractivity contribution in [3.63, 3.8) is 0 Å². The van der Waals surface area contributed by atoms with E-state index >= 15 is 0 Å². The van der Waals surface area contributed by atoms with Gasteiger partial charge in [-0.1, -0.05) is 32.6 Å². The number of hydrogen-bond donors (Lipinski definition) is 1. The van der Waals surface area contributed by atoms with Crippen molar-refractivity contribution >= 4 is 5.97 Å². The zero-order valence-electron chi connectivity index (χ0n) is 12.5. The van der Waals surface area contributed by atoms with Crippen molar-refractivity contribution in [2.24, 2.45) is 11.3 Å². The molecule has 0 aromatic heterocycles. The summed E-state index contributed by atoms with van der Waals surface area (Å²) in [6, 6.07) is 0.568. The molecule has 1 aliphatic heterocycles. The van der Waals surface area contributed by atoms with Crippen LogP contribution < -0.4 is 0 Å². The molecule has 0 amide bonds. The van der Waals surface area contributed by atoms with Gasteiger partial charge < -0.3 is 5.11 Å². The Morgan fingerprint density at radius 1 is 1.37 bits per heavy atom. The second-order valence-electron chi connectivity index (χ2n) is 6.69. The van der Waals surface area contributed by atoms with Crippen LogP contribution in [0.25, 0.3) is 0 Å². The average Bonchev–Trinajstić information content (AvgIpc) is 2.85. The Morgan fingerprint density at radius 3 is 2.63 bits per heavy atom. The van der Waals surface area contributed by atoms with Gasteiger partial charge >= 0.3 is 5.97 Å². The first kappa shape index (κ1) is 14.8. The highest BCUT2D eigenvalue weighted by molar-refractivity contribution is 5.75. The maximum absolute atomic E-state index is 11.6. The average molecular weight is 267 g/mol. The lowest BCUT2D eigenvalue weighted by Gasteiger charge is -2.35. The maximum Gasteiger partial charge on any atom is 0.310 e. The Hall–Kier alpha value is -0.570. The lowest BCUT2D eigenvalue weighted by atomic mass is 9.82. The van der Waals surface area contributed by atoms with E-state index in [2.05, 4.69) is 18.7 Å². The van der Waals surface area contributed by atoms with Crippen LogP contribution in [0.2, 0.25) is 0 Å². The summed E-state index contributed by atoms with van der Waals surface area (Å²) < 4.78 is 0. The molecule has 0 bridgehead atoms. The first-order valence-corrected chi connectivity index (χ1v) is 8.06. The number of nitrogens with zero attached hydrogens (tertiary/aromatic N) is 1. The second-order valence-corrected chi connectivity index (χ2v) is 6.69. The molecule has 0 spiro atoms. The number of likely N-dealkylation sites (tertiary alicyclic amines) is 1. The number of carboxylic acid groups (broad SMARTS) is 1. The van der Waals surface area contributed by atoms with Crippen LogP contribution in [0.4, 0.5) is 0 Å². The Labute approximate surface area is 117 Å². The van der Waals surface area contributed by atoms with Gasteiger partial charge in [0.25, 0.3) is 0 Å². The molecule has 1 aliphatic carbocycles. The molecule has 2 unspecified atom stereocenters. The fourth-order valence-electron chi connectivity index (χ4n) is 4.13. The summed E-state index contributed by atoms with van der Waals surface area (Å²) in [5.41, 5.74) is -0.461. The lowest BCUT2D eigenvalue weighted by Crippen LogP contribution is -2.41. The molecular formula is C16H29NO2. The van der Waals surface area contributed by atoms with Crippen LogP contribution in [-0.4, -0.2) is 35.1 Å². The summed E-state index contributed by atoms with van der Waals surface area (Å²) in [7, 11) is 0. The van der Waals surface area contributed by atoms with Crippen LogP contribution in [0.1, 0.15) is 65.2 Å². The Kier molecular flexibility index (Phi) is 4.88. The van der Waals surface area contributed by atoms with Gasteiger partial charge in [-0.15, -0.1) is 0 Å². The van der Waals surface area contributed by atoms with Gasteiger partial charge in [0.2, 0.25) is 0 Å². The molecule has 3 heteroatoms. The standard InChI is InChI=1S/C16H29NO2/c1-3-9-16(15(18)19)10-11-17(12-16)13(2)14-7-5-4-6-8-14/h13-14H,3-12H2,1-2H3,(H,18,19). The topological polar surface area (TPSA) is 40.5 Å². The summed E-state index contributed by atoms with van der Waals surface area (Å²) >= 11 is 0. The van der Waals surface area contributed by atoms with E-state index in [4.69, 9.17) is 0 Å². The Morgan fingerprint density at radius 2 is 2.05 bits per heavy atom. The van der Waals surface area contributed by atoms with Crippen molar-refractivity contribution < 1.29 is 9.90 Å². The van der Waals surface area contributed by atoms with E-state index < -0.39 is 11.4 Å². The van der Waals surface area contributed by atoms with Crippen LogP contribution in [-0.2, 0) is 4.79 Å². The van der Waals surface area contributed by atoms with E-state index in [-0.39, 0.29) is 0 Å². The molecule has 2 rings (SSSR count). The number of rotatable bonds is 5. The number of aliphatic carboxylic acids is 1. The predicted octanol–water partition coefficient (Wildman–Crippen LogP) is 3.53. The summed E-state index contributed by atoms with van der Waals surface area (Å²) in [6.07, 6.45) is 9.43. The van der Waals surface area contributed by atoms with Crippen molar-refractivity contribution in [1.82, 2.24) is 4.90 Å². The summed E-state index contributed by atoms with van der Waals surface area (Å²) in [6.45, 7) is 6.16. The summed E-state index contributed by atoms with van der Waals surface area (Å²) in [4.78, 5) is 14.1. The molecule has 1 N–H and O–H groups in total. The molecule has 0 aromatic rings. The third-order valence-corrected chi connectivity index (χ3v) is 5.47. The lowest BCUT2D eigenvalue weighted by molar-refractivity contribution is -0.148. The highest BCUT2D eigenvalue weighted by atomic mass is 16.4. The van der Waals surface area contributed by atoms with Crippen molar-refractivity contribution in [3.05, 3.63) is 0 Å². The van der Waals surface area contributed by atoms with E-state index in [0.29, 0.717) is 6.04 Å². The number of carbonyl (C=O) groups is 1. The SMILES string of the molecule is CCCC1(C(=O)O)CCN(C(C)C2CCCCC2)C1. The summed E-state index contributed by atoms with van der Waals surface area (Å²) in [5.74, 6) is 0.215. The minimum Gasteiger partial charge on any atom is -0.481 e. The molecule has 0 aromatic carbocycles. The third kappa shape index (κ3) is 3.13. The number of hydrogen-bond acceptors (Lipinski definition) is 2. The fraction of sp³-hybridized carbons (Fsp3) is 0.938. The Balaban J connectivity index is 1.97. The van der Waals surface area contributed by atoms with Gasteiger partial charge in [-0.05, 0) is 45.1 Å². The maximum atomic E-state index is 11.6. The van der Waals surface area contributed by atoms with Crippen LogP contribution in [0.5, 0.6) is 0 Å². The van der Waals surface area contributed by atoms with Crippen molar-refractivity contribution in [1.29, 1.82) is 0 Å². The summed E-state index contributed by atoms with van der Waals surface area (Å²) in [5, 5.41) is 9.58. The van der Waals surface area contributed by atoms with Gasteiger partial charge in [0.05, 0.1) is 5.41 Å². The molecule has 1 saturated heterocycles. The van der Waals surface area contributed by atoms with Gasteiger partial charge in [-0.25, -0.2) is 0 Å². The Bertz CT molecular complexity index is 312. The molecule has 3 nitrogen and oxygen atoms in total. The molecule has 2 fully saturated rings. The molecule has 19 heavy (non-hydrogen) atoms. The van der Waals surface area contributed by atoms with Gasteiger partial charge in [-0.2, -0.15) is 0 Å². The molecule has 2 aliphatic rings. The molecule has 1 heterocycles. The molecule has 2 atom stereocenters. The van der Waals surface area contributed by atoms with E-state index in [1.807, 2.05) is 0 Å². The highest BCUT2D eigenvalue weighted by Gasteiger charge is 2.45. The van der Waals surface area contributed by atoms with Crippen molar-refractivity contribution in [3.8, 4) is 0 Å².